The smallest absolute Gasteiger partial charge is 0.258 e. The van der Waals surface area contributed by atoms with Gasteiger partial charge in [0.25, 0.3) is 5.91 Å². The number of nitrogens with zero attached hydrogens (tertiary/aromatic N) is 2. The number of amides is 1. The molecule has 6 nitrogen and oxygen atoms in total. The Morgan fingerprint density at radius 3 is 2.84 bits per heavy atom. The lowest BCUT2D eigenvalue weighted by molar-refractivity contribution is -0.123. The van der Waals surface area contributed by atoms with E-state index in [1.54, 1.807) is 0 Å². The van der Waals surface area contributed by atoms with E-state index < -0.39 is 0 Å². The number of aromatic nitrogens is 2. The van der Waals surface area contributed by atoms with Gasteiger partial charge in [0, 0.05) is 30.9 Å². The zero-order valence-electron chi connectivity index (χ0n) is 15.7. The van der Waals surface area contributed by atoms with Crippen LogP contribution >= 0.6 is 0 Å². The van der Waals surface area contributed by atoms with Crippen LogP contribution in [0.25, 0.3) is 5.65 Å². The van der Waals surface area contributed by atoms with Gasteiger partial charge in [0.1, 0.15) is 0 Å². The number of fused-ring (bicyclic) bond motifs is 1. The van der Waals surface area contributed by atoms with Crippen LogP contribution in [0.1, 0.15) is 46.2 Å². The van der Waals surface area contributed by atoms with E-state index in [1.165, 1.54) is 0 Å². The van der Waals surface area contributed by atoms with Crippen molar-refractivity contribution in [2.75, 3.05) is 13.2 Å². The highest BCUT2D eigenvalue weighted by Gasteiger charge is 2.12. The maximum atomic E-state index is 11.9. The van der Waals surface area contributed by atoms with Crippen molar-refractivity contribution in [2.24, 2.45) is 0 Å². The van der Waals surface area contributed by atoms with Gasteiger partial charge in [-0.1, -0.05) is 13.8 Å². The first-order valence-electron chi connectivity index (χ1n) is 9.15. The normalized spacial score (nSPS) is 13.6. The molecule has 2 aromatic heterocycles. The number of rotatable bonds is 10. The lowest BCUT2D eigenvalue weighted by atomic mass is 10.2. The molecule has 1 amide bonds. The number of imidazole rings is 1. The third kappa shape index (κ3) is 5.74. The van der Waals surface area contributed by atoms with Gasteiger partial charge < -0.3 is 19.8 Å². The molecule has 0 saturated heterocycles. The minimum Gasteiger partial charge on any atom is -0.480 e. The molecule has 0 aromatic carbocycles. The highest BCUT2D eigenvalue weighted by Crippen LogP contribution is 2.19. The van der Waals surface area contributed by atoms with Crippen molar-refractivity contribution in [3.05, 3.63) is 30.2 Å². The predicted octanol–water partition coefficient (Wildman–Crippen LogP) is 2.56. The van der Waals surface area contributed by atoms with E-state index >= 15 is 0 Å². The lowest BCUT2D eigenvalue weighted by Gasteiger charge is -2.12. The first-order valence-corrected chi connectivity index (χ1v) is 9.15. The fourth-order valence-electron chi connectivity index (χ4n) is 2.59. The van der Waals surface area contributed by atoms with E-state index in [0.29, 0.717) is 11.8 Å². The first kappa shape index (κ1) is 19.2. The number of hydrogen-bond acceptors (Lipinski definition) is 4. The summed E-state index contributed by atoms with van der Waals surface area (Å²) in [6.07, 6.45) is 6.84. The summed E-state index contributed by atoms with van der Waals surface area (Å²) in [5.74, 6) is 0.516. The molecule has 25 heavy (non-hydrogen) atoms. The Morgan fingerprint density at radius 2 is 2.12 bits per heavy atom. The molecule has 6 heteroatoms. The van der Waals surface area contributed by atoms with Crippen LogP contribution in [-0.2, 0) is 11.2 Å². The van der Waals surface area contributed by atoms with Crippen molar-refractivity contribution in [3.8, 4) is 5.75 Å². The standard InChI is InChI=1S/C19H30N4O2/c1-5-9-20-15(4)11-16-12-23-10-7-8-17(19(23)22-16)25-13-18(24)21-14(3)6-2/h7-8,10,12,14-15,20H,5-6,9,11,13H2,1-4H3,(H,21,24). The average molecular weight is 346 g/mol. The van der Waals surface area contributed by atoms with Crippen LogP contribution in [0.3, 0.4) is 0 Å². The molecule has 0 spiro atoms. The van der Waals surface area contributed by atoms with Crippen molar-refractivity contribution >= 4 is 11.6 Å². The molecule has 138 valence electrons. The number of ether oxygens (including phenoxy) is 1. The number of nitrogens with one attached hydrogen (secondary N) is 2. The molecule has 0 aliphatic carbocycles. The summed E-state index contributed by atoms with van der Waals surface area (Å²) in [6.45, 7) is 9.35. The first-order chi connectivity index (χ1) is 12.0. The topological polar surface area (TPSA) is 67.7 Å². The minimum atomic E-state index is -0.111. The van der Waals surface area contributed by atoms with E-state index in [1.807, 2.05) is 42.8 Å². The summed E-state index contributed by atoms with van der Waals surface area (Å²) in [5, 5.41) is 6.37. The molecule has 2 N–H and O–H groups in total. The number of pyridine rings is 1. The molecule has 2 aromatic rings. The maximum absolute atomic E-state index is 11.9. The Balaban J connectivity index is 2.02. The summed E-state index contributed by atoms with van der Waals surface area (Å²) < 4.78 is 7.65. The second-order valence-corrected chi connectivity index (χ2v) is 6.56. The summed E-state index contributed by atoms with van der Waals surface area (Å²) in [6, 6.07) is 4.28. The van der Waals surface area contributed by atoms with Gasteiger partial charge in [0.15, 0.2) is 18.0 Å². The van der Waals surface area contributed by atoms with Gasteiger partial charge in [-0.3, -0.25) is 4.79 Å². The van der Waals surface area contributed by atoms with Crippen LogP contribution in [0.2, 0.25) is 0 Å². The lowest BCUT2D eigenvalue weighted by Crippen LogP contribution is -2.35. The van der Waals surface area contributed by atoms with Crippen LogP contribution in [0.4, 0.5) is 0 Å². The molecular formula is C19H30N4O2. The van der Waals surface area contributed by atoms with Crippen LogP contribution in [0, 0.1) is 0 Å². The quantitative estimate of drug-likeness (QED) is 0.694. The molecule has 0 saturated carbocycles. The highest BCUT2D eigenvalue weighted by molar-refractivity contribution is 5.78. The van der Waals surface area contributed by atoms with Gasteiger partial charge >= 0.3 is 0 Å². The zero-order valence-corrected chi connectivity index (χ0v) is 15.7. The summed E-state index contributed by atoms with van der Waals surface area (Å²) in [4.78, 5) is 16.6. The Bertz CT molecular complexity index is 683. The molecule has 0 bridgehead atoms. The van der Waals surface area contributed by atoms with Crippen molar-refractivity contribution in [1.29, 1.82) is 0 Å². The molecule has 2 atom stereocenters. The SMILES string of the molecule is CCCNC(C)Cc1cn2cccc(OCC(=O)NC(C)CC)c2n1. The Labute approximate surface area is 150 Å². The van der Waals surface area contributed by atoms with Crippen molar-refractivity contribution in [3.63, 3.8) is 0 Å². The monoisotopic (exact) mass is 346 g/mol. The van der Waals surface area contributed by atoms with Gasteiger partial charge in [-0.25, -0.2) is 4.98 Å². The van der Waals surface area contributed by atoms with E-state index in [2.05, 4.69) is 29.5 Å². The van der Waals surface area contributed by atoms with E-state index in [9.17, 15) is 4.79 Å². The Hall–Kier alpha value is -2.08. The molecule has 2 heterocycles. The van der Waals surface area contributed by atoms with Crippen LogP contribution < -0.4 is 15.4 Å². The van der Waals surface area contributed by atoms with Crippen molar-refractivity contribution < 1.29 is 9.53 Å². The van der Waals surface area contributed by atoms with Crippen molar-refractivity contribution in [2.45, 2.75) is 59.0 Å². The molecule has 0 fully saturated rings. The zero-order chi connectivity index (χ0) is 18.2. The largest absolute Gasteiger partial charge is 0.480 e. The summed E-state index contributed by atoms with van der Waals surface area (Å²) >= 11 is 0. The number of hydrogen-bond donors (Lipinski definition) is 2. The summed E-state index contributed by atoms with van der Waals surface area (Å²) in [5.41, 5.74) is 1.76. The molecule has 2 unspecified atom stereocenters. The van der Waals surface area contributed by atoms with Gasteiger partial charge in [0.05, 0.1) is 5.69 Å². The van der Waals surface area contributed by atoms with Gasteiger partial charge in [-0.2, -0.15) is 0 Å². The third-order valence-electron chi connectivity index (χ3n) is 4.13. The second-order valence-electron chi connectivity index (χ2n) is 6.56. The molecule has 2 rings (SSSR count). The number of carbonyl (C=O) groups is 1. The molecule has 0 aliphatic heterocycles. The highest BCUT2D eigenvalue weighted by atomic mass is 16.5. The fraction of sp³-hybridized carbons (Fsp3) is 0.579. The van der Waals surface area contributed by atoms with Gasteiger partial charge in [-0.15, -0.1) is 0 Å². The maximum Gasteiger partial charge on any atom is 0.258 e. The van der Waals surface area contributed by atoms with Crippen molar-refractivity contribution in [1.82, 2.24) is 20.0 Å². The van der Waals surface area contributed by atoms with E-state index in [0.717, 1.165) is 37.1 Å². The Kier molecular flexibility index (Phi) is 7.25. The molecule has 0 aliphatic rings. The van der Waals surface area contributed by atoms with Crippen LogP contribution in [-0.4, -0.2) is 40.5 Å². The molecular weight excluding hydrogens is 316 g/mol. The third-order valence-corrected chi connectivity index (χ3v) is 4.13. The van der Waals surface area contributed by atoms with E-state index in [4.69, 9.17) is 4.74 Å². The van der Waals surface area contributed by atoms with Gasteiger partial charge in [0.2, 0.25) is 0 Å². The minimum absolute atomic E-state index is 0.000660. The van der Waals surface area contributed by atoms with E-state index in [-0.39, 0.29) is 18.6 Å². The van der Waals surface area contributed by atoms with Crippen LogP contribution in [0.15, 0.2) is 24.5 Å². The second kappa shape index (κ2) is 9.42. The molecule has 0 radical (unpaired) electrons. The van der Waals surface area contributed by atoms with Gasteiger partial charge in [-0.05, 0) is 45.4 Å². The average Bonchev–Trinajstić information content (AvgIpc) is 3.00. The number of carbonyl (C=O) groups excluding carboxylic acids is 1. The Morgan fingerprint density at radius 1 is 1.32 bits per heavy atom. The van der Waals surface area contributed by atoms with Crippen LogP contribution in [0.5, 0.6) is 5.75 Å². The predicted molar refractivity (Wildman–Crippen MR) is 100 cm³/mol. The summed E-state index contributed by atoms with van der Waals surface area (Å²) in [7, 11) is 0. The fourth-order valence-corrected chi connectivity index (χ4v) is 2.59.